The molecule has 1 atom stereocenters. The fourth-order valence-corrected chi connectivity index (χ4v) is 2.36. The van der Waals surface area contributed by atoms with Gasteiger partial charge in [-0.05, 0) is 62.2 Å². The zero-order chi connectivity index (χ0) is 16.8. The minimum atomic E-state index is -0.0977. The predicted octanol–water partition coefficient (Wildman–Crippen LogP) is 3.89. The Morgan fingerprint density at radius 1 is 1.17 bits per heavy atom. The van der Waals surface area contributed by atoms with Gasteiger partial charge in [0, 0.05) is 5.56 Å². The van der Waals surface area contributed by atoms with Gasteiger partial charge in [0.25, 0.3) is 5.91 Å². The van der Waals surface area contributed by atoms with Crippen molar-refractivity contribution in [2.45, 2.75) is 26.8 Å². The minimum Gasteiger partial charge on any atom is -0.497 e. The van der Waals surface area contributed by atoms with E-state index in [1.165, 1.54) is 0 Å². The van der Waals surface area contributed by atoms with Gasteiger partial charge in [0.15, 0.2) is 0 Å². The van der Waals surface area contributed by atoms with Crippen LogP contribution in [0.3, 0.4) is 0 Å². The number of aryl methyl sites for hydroxylation is 1. The molecule has 0 fully saturated rings. The van der Waals surface area contributed by atoms with Gasteiger partial charge >= 0.3 is 0 Å². The standard InChI is InChI=1S/C19H23NO3/c1-5-23-18-11-8-16(12-13(18)2)19(21)20-14(3)15-6-9-17(22-4)10-7-15/h6-12,14H,5H2,1-4H3,(H,20,21)/t14-/m1/s1. The summed E-state index contributed by atoms with van der Waals surface area (Å²) in [6.07, 6.45) is 0. The van der Waals surface area contributed by atoms with E-state index in [9.17, 15) is 4.79 Å². The van der Waals surface area contributed by atoms with Gasteiger partial charge in [-0.2, -0.15) is 0 Å². The lowest BCUT2D eigenvalue weighted by Gasteiger charge is -2.15. The van der Waals surface area contributed by atoms with Gasteiger partial charge < -0.3 is 14.8 Å². The maximum absolute atomic E-state index is 12.4. The molecule has 0 aliphatic rings. The molecular weight excluding hydrogens is 290 g/mol. The summed E-state index contributed by atoms with van der Waals surface area (Å²) in [6, 6.07) is 13.1. The third kappa shape index (κ3) is 4.25. The maximum atomic E-state index is 12.4. The zero-order valence-electron chi connectivity index (χ0n) is 14.1. The molecule has 0 saturated heterocycles. The normalized spacial score (nSPS) is 11.7. The quantitative estimate of drug-likeness (QED) is 0.880. The Bertz CT molecular complexity index is 665. The molecule has 0 aliphatic carbocycles. The molecule has 0 saturated carbocycles. The summed E-state index contributed by atoms with van der Waals surface area (Å²) in [5.41, 5.74) is 2.62. The molecule has 1 N–H and O–H groups in total. The Hall–Kier alpha value is -2.49. The van der Waals surface area contributed by atoms with E-state index in [1.807, 2.05) is 57.2 Å². The molecule has 1 amide bonds. The van der Waals surface area contributed by atoms with Crippen molar-refractivity contribution in [1.82, 2.24) is 5.32 Å². The molecule has 0 unspecified atom stereocenters. The van der Waals surface area contributed by atoms with Crippen molar-refractivity contribution >= 4 is 5.91 Å². The first-order chi connectivity index (χ1) is 11.0. The Morgan fingerprint density at radius 3 is 2.43 bits per heavy atom. The van der Waals surface area contributed by atoms with Gasteiger partial charge in [-0.3, -0.25) is 4.79 Å². The molecule has 23 heavy (non-hydrogen) atoms. The second-order valence-corrected chi connectivity index (χ2v) is 5.38. The number of amides is 1. The summed E-state index contributed by atoms with van der Waals surface area (Å²) in [4.78, 5) is 12.4. The van der Waals surface area contributed by atoms with E-state index in [0.29, 0.717) is 12.2 Å². The van der Waals surface area contributed by atoms with Crippen LogP contribution in [0.4, 0.5) is 0 Å². The molecule has 4 nitrogen and oxygen atoms in total. The van der Waals surface area contributed by atoms with E-state index in [2.05, 4.69) is 5.32 Å². The van der Waals surface area contributed by atoms with E-state index in [1.54, 1.807) is 13.2 Å². The van der Waals surface area contributed by atoms with Crippen LogP contribution in [0.5, 0.6) is 11.5 Å². The first-order valence-corrected chi connectivity index (χ1v) is 7.73. The lowest BCUT2D eigenvalue weighted by molar-refractivity contribution is 0.0940. The average molecular weight is 313 g/mol. The zero-order valence-corrected chi connectivity index (χ0v) is 14.1. The predicted molar refractivity (Wildman–Crippen MR) is 91.2 cm³/mol. The summed E-state index contributed by atoms with van der Waals surface area (Å²) in [5, 5.41) is 3.01. The smallest absolute Gasteiger partial charge is 0.251 e. The van der Waals surface area contributed by atoms with Crippen molar-refractivity contribution in [1.29, 1.82) is 0 Å². The van der Waals surface area contributed by atoms with Crippen LogP contribution >= 0.6 is 0 Å². The average Bonchev–Trinajstić information content (AvgIpc) is 2.56. The first-order valence-electron chi connectivity index (χ1n) is 7.73. The monoisotopic (exact) mass is 313 g/mol. The number of carbonyl (C=O) groups is 1. The van der Waals surface area contributed by atoms with Gasteiger partial charge in [-0.1, -0.05) is 12.1 Å². The van der Waals surface area contributed by atoms with E-state index in [4.69, 9.17) is 9.47 Å². The van der Waals surface area contributed by atoms with Crippen LogP contribution in [0.2, 0.25) is 0 Å². The van der Waals surface area contributed by atoms with Crippen LogP contribution in [-0.4, -0.2) is 19.6 Å². The molecule has 0 aliphatic heterocycles. The number of carbonyl (C=O) groups excluding carboxylic acids is 1. The van der Waals surface area contributed by atoms with Crippen LogP contribution in [0, 0.1) is 6.92 Å². The Balaban J connectivity index is 2.06. The van der Waals surface area contributed by atoms with Crippen molar-refractivity contribution in [3.8, 4) is 11.5 Å². The summed E-state index contributed by atoms with van der Waals surface area (Å²) >= 11 is 0. The Kier molecular flexibility index (Phi) is 5.63. The lowest BCUT2D eigenvalue weighted by atomic mass is 10.1. The van der Waals surface area contributed by atoms with Crippen molar-refractivity contribution in [2.24, 2.45) is 0 Å². The second-order valence-electron chi connectivity index (χ2n) is 5.38. The topological polar surface area (TPSA) is 47.6 Å². The number of hydrogen-bond donors (Lipinski definition) is 1. The minimum absolute atomic E-state index is 0.0831. The SMILES string of the molecule is CCOc1ccc(C(=O)N[C@H](C)c2ccc(OC)cc2)cc1C. The van der Waals surface area contributed by atoms with Crippen LogP contribution in [0.25, 0.3) is 0 Å². The molecule has 0 spiro atoms. The molecule has 0 radical (unpaired) electrons. The fourth-order valence-electron chi connectivity index (χ4n) is 2.36. The number of hydrogen-bond acceptors (Lipinski definition) is 3. The highest BCUT2D eigenvalue weighted by atomic mass is 16.5. The van der Waals surface area contributed by atoms with Gasteiger partial charge in [-0.15, -0.1) is 0 Å². The number of rotatable bonds is 6. The van der Waals surface area contributed by atoms with Gasteiger partial charge in [0.05, 0.1) is 19.8 Å². The van der Waals surface area contributed by atoms with Crippen LogP contribution in [0.1, 0.15) is 41.4 Å². The van der Waals surface area contributed by atoms with Gasteiger partial charge in [0.2, 0.25) is 0 Å². The van der Waals surface area contributed by atoms with Gasteiger partial charge in [-0.25, -0.2) is 0 Å². The molecule has 0 heterocycles. The summed E-state index contributed by atoms with van der Waals surface area (Å²) in [7, 11) is 1.63. The highest BCUT2D eigenvalue weighted by Gasteiger charge is 2.13. The number of ether oxygens (including phenoxy) is 2. The number of nitrogens with one attached hydrogen (secondary N) is 1. The Labute approximate surface area is 137 Å². The van der Waals surface area contributed by atoms with E-state index in [-0.39, 0.29) is 11.9 Å². The molecule has 2 aromatic rings. The van der Waals surface area contributed by atoms with Crippen molar-refractivity contribution < 1.29 is 14.3 Å². The molecule has 2 aromatic carbocycles. The highest BCUT2D eigenvalue weighted by molar-refractivity contribution is 5.94. The van der Waals surface area contributed by atoms with Crippen LogP contribution in [-0.2, 0) is 0 Å². The molecule has 0 bridgehead atoms. The summed E-state index contributed by atoms with van der Waals surface area (Å²) in [5.74, 6) is 1.51. The van der Waals surface area contributed by atoms with Crippen molar-refractivity contribution in [3.63, 3.8) is 0 Å². The lowest BCUT2D eigenvalue weighted by Crippen LogP contribution is -2.26. The molecule has 4 heteroatoms. The molecular formula is C19H23NO3. The number of benzene rings is 2. The van der Waals surface area contributed by atoms with Crippen molar-refractivity contribution in [2.75, 3.05) is 13.7 Å². The third-order valence-corrected chi connectivity index (χ3v) is 3.70. The van der Waals surface area contributed by atoms with Crippen LogP contribution < -0.4 is 14.8 Å². The Morgan fingerprint density at radius 2 is 1.87 bits per heavy atom. The van der Waals surface area contributed by atoms with Crippen LogP contribution in [0.15, 0.2) is 42.5 Å². The molecule has 122 valence electrons. The first kappa shape index (κ1) is 16.9. The number of methoxy groups -OCH3 is 1. The van der Waals surface area contributed by atoms with Gasteiger partial charge in [0.1, 0.15) is 11.5 Å². The maximum Gasteiger partial charge on any atom is 0.251 e. The third-order valence-electron chi connectivity index (χ3n) is 3.70. The van der Waals surface area contributed by atoms with E-state index >= 15 is 0 Å². The highest BCUT2D eigenvalue weighted by Crippen LogP contribution is 2.21. The van der Waals surface area contributed by atoms with Crippen molar-refractivity contribution in [3.05, 3.63) is 59.2 Å². The van der Waals surface area contributed by atoms with E-state index in [0.717, 1.165) is 22.6 Å². The summed E-state index contributed by atoms with van der Waals surface area (Å²) < 4.78 is 10.6. The largest absolute Gasteiger partial charge is 0.497 e. The molecule has 2 rings (SSSR count). The molecule has 0 aromatic heterocycles. The summed E-state index contributed by atoms with van der Waals surface area (Å²) in [6.45, 7) is 6.45. The second kappa shape index (κ2) is 7.68. The fraction of sp³-hybridized carbons (Fsp3) is 0.316. The van der Waals surface area contributed by atoms with E-state index < -0.39 is 0 Å².